The summed E-state index contributed by atoms with van der Waals surface area (Å²) in [5, 5.41) is 4.14. The van der Waals surface area contributed by atoms with Crippen molar-refractivity contribution in [3.05, 3.63) is 76.9 Å². The molecule has 2 aliphatic heterocycles. The molecule has 0 saturated carbocycles. The van der Waals surface area contributed by atoms with Gasteiger partial charge in [-0.1, -0.05) is 17.9 Å². The largest absolute Gasteiger partial charge is 0.434 e. The van der Waals surface area contributed by atoms with Crippen LogP contribution >= 0.6 is 0 Å². The Balaban J connectivity index is 1.55. The number of rotatable bonds is 3. The highest BCUT2D eigenvalue weighted by Gasteiger charge is 2.46. The predicted octanol–water partition coefficient (Wildman–Crippen LogP) is 4.67. The van der Waals surface area contributed by atoms with Crippen LogP contribution in [-0.2, 0) is 7.05 Å². The third-order valence-corrected chi connectivity index (χ3v) is 6.80. The lowest BCUT2D eigenvalue weighted by Crippen LogP contribution is -2.39. The summed E-state index contributed by atoms with van der Waals surface area (Å²) >= 11 is 0. The fourth-order valence-electron chi connectivity index (χ4n) is 5.44. The van der Waals surface area contributed by atoms with Crippen molar-refractivity contribution in [3.8, 4) is 17.6 Å². The summed E-state index contributed by atoms with van der Waals surface area (Å²) in [4.78, 5) is 20.3. The average Bonchev–Trinajstić information content (AvgIpc) is 3.49. The molecular formula is C27H23F2N5O2. The first-order valence-corrected chi connectivity index (χ1v) is 11.7. The van der Waals surface area contributed by atoms with E-state index in [0.29, 0.717) is 17.5 Å². The molecular weight excluding hydrogens is 464 g/mol. The van der Waals surface area contributed by atoms with Crippen LogP contribution in [0.2, 0.25) is 0 Å². The Morgan fingerprint density at radius 3 is 2.64 bits per heavy atom. The van der Waals surface area contributed by atoms with E-state index in [1.165, 1.54) is 6.07 Å². The minimum atomic E-state index is -3.00. The monoisotopic (exact) mass is 487 g/mol. The summed E-state index contributed by atoms with van der Waals surface area (Å²) in [5.74, 6) is 6.86. The van der Waals surface area contributed by atoms with Crippen LogP contribution in [0.5, 0.6) is 5.75 Å². The molecule has 0 spiro atoms. The molecule has 1 amide bonds. The van der Waals surface area contributed by atoms with Gasteiger partial charge in [-0.2, -0.15) is 13.9 Å². The van der Waals surface area contributed by atoms with E-state index in [-0.39, 0.29) is 29.8 Å². The summed E-state index contributed by atoms with van der Waals surface area (Å²) in [6.45, 7) is 0.908. The number of ether oxygens (including phenoxy) is 1. The van der Waals surface area contributed by atoms with Gasteiger partial charge in [-0.25, -0.2) is 4.98 Å². The number of alkyl halides is 2. The number of hydrogen-bond acceptors (Lipinski definition) is 4. The fourth-order valence-corrected chi connectivity index (χ4v) is 5.44. The van der Waals surface area contributed by atoms with Gasteiger partial charge in [0.2, 0.25) is 0 Å². The molecule has 0 unspecified atom stereocenters. The van der Waals surface area contributed by atoms with Crippen LogP contribution in [-0.4, -0.2) is 42.8 Å². The van der Waals surface area contributed by atoms with Gasteiger partial charge in [-0.3, -0.25) is 9.48 Å². The number of hydrogen-bond donors (Lipinski definition) is 0. The predicted molar refractivity (Wildman–Crippen MR) is 129 cm³/mol. The van der Waals surface area contributed by atoms with Crippen molar-refractivity contribution >= 4 is 16.9 Å². The summed E-state index contributed by atoms with van der Waals surface area (Å²) < 4.78 is 35.4. The Morgan fingerprint density at radius 2 is 1.92 bits per heavy atom. The molecule has 2 bridgehead atoms. The number of halogens is 2. The second kappa shape index (κ2) is 8.19. The molecule has 2 aromatic carbocycles. The number of amides is 1. The van der Waals surface area contributed by atoms with Crippen LogP contribution in [0.15, 0.2) is 48.8 Å². The molecule has 0 radical (unpaired) electrons. The minimum absolute atomic E-state index is 0.0208. The van der Waals surface area contributed by atoms with Gasteiger partial charge in [0.15, 0.2) is 0 Å². The first-order chi connectivity index (χ1) is 17.3. The van der Waals surface area contributed by atoms with Gasteiger partial charge < -0.3 is 14.2 Å². The molecule has 7 nitrogen and oxygen atoms in total. The van der Waals surface area contributed by atoms with Crippen LogP contribution in [0.25, 0.3) is 11.0 Å². The van der Waals surface area contributed by atoms with E-state index in [1.54, 1.807) is 27.9 Å². The number of aryl methyl sites for hydroxylation is 1. The summed E-state index contributed by atoms with van der Waals surface area (Å²) in [6.07, 6.45) is 4.08. The highest BCUT2D eigenvalue weighted by molar-refractivity contribution is 5.98. The molecule has 4 aromatic rings. The van der Waals surface area contributed by atoms with Crippen LogP contribution in [0.3, 0.4) is 0 Å². The number of aromatic nitrogens is 4. The van der Waals surface area contributed by atoms with Gasteiger partial charge in [-0.05, 0) is 44.2 Å². The molecule has 0 N–H and O–H groups in total. The van der Waals surface area contributed by atoms with Crippen molar-refractivity contribution in [1.29, 1.82) is 0 Å². The molecule has 182 valence electrons. The lowest BCUT2D eigenvalue weighted by atomic mass is 9.97. The lowest BCUT2D eigenvalue weighted by Gasteiger charge is -2.31. The number of carbonyl (C=O) groups excluding carboxylic acids is 1. The van der Waals surface area contributed by atoms with Crippen LogP contribution in [0, 0.1) is 11.8 Å². The molecule has 36 heavy (non-hydrogen) atoms. The number of imidazole rings is 1. The second-order valence-corrected chi connectivity index (χ2v) is 9.37. The van der Waals surface area contributed by atoms with Gasteiger partial charge in [0.05, 0.1) is 34.9 Å². The SMILES string of the molecule is CC(C)N1C(=O)c2cccc(OC(F)F)c2[C@H]2C[C@@H]1c1nc3ccc(C#Cc4cnn(C)c4)cc3n12. The molecule has 9 heteroatoms. The van der Waals surface area contributed by atoms with Gasteiger partial charge in [0.1, 0.15) is 11.6 Å². The quantitative estimate of drug-likeness (QED) is 0.394. The fraction of sp³-hybridized carbons (Fsp3) is 0.296. The molecule has 0 saturated heterocycles. The first kappa shape index (κ1) is 22.3. The highest BCUT2D eigenvalue weighted by Crippen LogP contribution is 2.50. The van der Waals surface area contributed by atoms with E-state index >= 15 is 0 Å². The molecule has 2 aliphatic rings. The van der Waals surface area contributed by atoms with Gasteiger partial charge in [0, 0.05) is 42.4 Å². The minimum Gasteiger partial charge on any atom is -0.434 e. The Morgan fingerprint density at radius 1 is 1.11 bits per heavy atom. The first-order valence-electron chi connectivity index (χ1n) is 11.7. The van der Waals surface area contributed by atoms with Crippen molar-refractivity contribution in [1.82, 2.24) is 24.2 Å². The zero-order valence-corrected chi connectivity index (χ0v) is 19.9. The number of fused-ring (bicyclic) bond motifs is 9. The maximum atomic E-state index is 13.6. The Labute approximate surface area is 206 Å². The summed E-state index contributed by atoms with van der Waals surface area (Å²) in [6, 6.07) is 9.78. The van der Waals surface area contributed by atoms with Gasteiger partial charge in [-0.15, -0.1) is 0 Å². The molecule has 4 heterocycles. The zero-order chi connectivity index (χ0) is 25.1. The van der Waals surface area contributed by atoms with Gasteiger partial charge >= 0.3 is 6.61 Å². The standard InChI is InChI=1S/C27H23F2N5O2/c1-15(2)33-22-12-21(24-18(26(33)35)5-4-6-23(24)36-27(28)29)34-20-11-16(9-10-19(20)31-25(22)34)7-8-17-13-30-32(3)14-17/h4-6,9-11,13-15,21-22,27H,12H2,1-3H3/t21-,22-/m1/s1. The second-order valence-electron chi connectivity index (χ2n) is 9.37. The van der Waals surface area contributed by atoms with Gasteiger partial charge in [0.25, 0.3) is 5.91 Å². The third kappa shape index (κ3) is 3.44. The number of carbonyl (C=O) groups is 1. The van der Waals surface area contributed by atoms with Crippen LogP contribution < -0.4 is 4.74 Å². The maximum Gasteiger partial charge on any atom is 0.387 e. The maximum absolute atomic E-state index is 13.6. The van der Waals surface area contributed by atoms with Crippen LogP contribution in [0.4, 0.5) is 8.78 Å². The number of nitrogens with zero attached hydrogens (tertiary/aromatic N) is 5. The van der Waals surface area contributed by atoms with E-state index in [1.807, 2.05) is 45.3 Å². The van der Waals surface area contributed by atoms with Crippen molar-refractivity contribution in [3.63, 3.8) is 0 Å². The van der Waals surface area contributed by atoms with E-state index < -0.39 is 6.61 Å². The third-order valence-electron chi connectivity index (χ3n) is 6.80. The Hall–Kier alpha value is -4.19. The number of benzene rings is 2. The average molecular weight is 488 g/mol. The normalized spacial score (nSPS) is 18.3. The van der Waals surface area contributed by atoms with Crippen molar-refractivity contribution in [2.24, 2.45) is 7.05 Å². The van der Waals surface area contributed by atoms with E-state index in [0.717, 1.165) is 28.0 Å². The smallest absolute Gasteiger partial charge is 0.387 e. The highest BCUT2D eigenvalue weighted by atomic mass is 19.3. The lowest BCUT2D eigenvalue weighted by molar-refractivity contribution is -0.0507. The molecule has 6 rings (SSSR count). The van der Waals surface area contributed by atoms with Crippen molar-refractivity contribution < 1.29 is 18.3 Å². The molecule has 0 fully saturated rings. The zero-order valence-electron chi connectivity index (χ0n) is 19.9. The summed E-state index contributed by atoms with van der Waals surface area (Å²) in [7, 11) is 1.84. The van der Waals surface area contributed by atoms with E-state index in [4.69, 9.17) is 9.72 Å². The Bertz CT molecular complexity index is 1580. The van der Waals surface area contributed by atoms with Crippen molar-refractivity contribution in [2.75, 3.05) is 0 Å². The van der Waals surface area contributed by atoms with Crippen LogP contribution in [0.1, 0.15) is 65.2 Å². The molecule has 0 aliphatic carbocycles. The summed E-state index contributed by atoms with van der Waals surface area (Å²) in [5.41, 5.74) is 4.06. The molecule has 2 aromatic heterocycles. The topological polar surface area (TPSA) is 65.2 Å². The Kier molecular flexibility index (Phi) is 5.07. The van der Waals surface area contributed by atoms with E-state index in [9.17, 15) is 13.6 Å². The van der Waals surface area contributed by atoms with E-state index in [2.05, 4.69) is 21.5 Å². The van der Waals surface area contributed by atoms with Crippen molar-refractivity contribution in [2.45, 2.75) is 45.0 Å². The molecule has 2 atom stereocenters.